The number of urea groups is 1. The van der Waals surface area contributed by atoms with Crippen molar-refractivity contribution in [3.05, 3.63) is 58.7 Å². The van der Waals surface area contributed by atoms with E-state index in [1.165, 1.54) is 18.9 Å². The highest BCUT2D eigenvalue weighted by Crippen LogP contribution is 2.34. The molecule has 0 bridgehead atoms. The number of hydrogen-bond donors (Lipinski definition) is 1. The maximum atomic E-state index is 14.3. The van der Waals surface area contributed by atoms with Crippen LogP contribution in [0.25, 0.3) is 0 Å². The minimum atomic E-state index is -1.82. The lowest BCUT2D eigenvalue weighted by molar-refractivity contribution is -0.139. The van der Waals surface area contributed by atoms with Gasteiger partial charge in [-0.2, -0.15) is 0 Å². The van der Waals surface area contributed by atoms with E-state index in [2.05, 4.69) is 5.32 Å². The van der Waals surface area contributed by atoms with Gasteiger partial charge in [-0.15, -0.1) is 0 Å². The molecule has 0 radical (unpaired) electrons. The zero-order chi connectivity index (χ0) is 23.9. The molecule has 2 aromatic rings. The van der Waals surface area contributed by atoms with Crippen LogP contribution in [0.5, 0.6) is 11.5 Å². The van der Waals surface area contributed by atoms with Gasteiger partial charge in [-0.3, -0.25) is 14.5 Å². The van der Waals surface area contributed by atoms with E-state index < -0.39 is 41.6 Å². The fourth-order valence-electron chi connectivity index (χ4n) is 4.24. The second-order valence-corrected chi connectivity index (χ2v) is 8.11. The minimum Gasteiger partial charge on any atom is -0.493 e. The Balaban J connectivity index is 1.52. The van der Waals surface area contributed by atoms with Crippen LogP contribution in [-0.2, 0) is 28.1 Å². The highest BCUT2D eigenvalue weighted by molar-refractivity contribution is 6.09. The topological polar surface area (TPSA) is 88.2 Å². The van der Waals surface area contributed by atoms with E-state index in [1.54, 1.807) is 13.2 Å². The summed E-state index contributed by atoms with van der Waals surface area (Å²) in [4.78, 5) is 40.8. The van der Waals surface area contributed by atoms with E-state index in [-0.39, 0.29) is 12.1 Å². The van der Waals surface area contributed by atoms with Gasteiger partial charge in [0.15, 0.2) is 11.5 Å². The first-order valence-corrected chi connectivity index (χ1v) is 10.3. The monoisotopic (exact) mass is 459 g/mol. The zero-order valence-corrected chi connectivity index (χ0v) is 18.4. The van der Waals surface area contributed by atoms with Crippen molar-refractivity contribution in [2.24, 2.45) is 0 Å². The SMILES string of the molecule is COc1cc2c(cc1OC)CN(C(=O)CN1C(=O)NC(C)(c3cc(F)ccc3F)C1=O)CC2. The van der Waals surface area contributed by atoms with Gasteiger partial charge in [-0.05, 0) is 54.8 Å². The van der Waals surface area contributed by atoms with Crippen molar-refractivity contribution in [2.45, 2.75) is 25.4 Å². The molecular weight excluding hydrogens is 436 g/mol. The number of halogens is 2. The summed E-state index contributed by atoms with van der Waals surface area (Å²) in [6.07, 6.45) is 0.563. The maximum absolute atomic E-state index is 14.3. The summed E-state index contributed by atoms with van der Waals surface area (Å²) in [5.41, 5.74) is -0.234. The molecule has 1 fully saturated rings. The largest absolute Gasteiger partial charge is 0.493 e. The molecule has 2 aromatic carbocycles. The van der Waals surface area contributed by atoms with Gasteiger partial charge in [-0.25, -0.2) is 13.6 Å². The van der Waals surface area contributed by atoms with Gasteiger partial charge in [0.1, 0.15) is 23.7 Å². The van der Waals surface area contributed by atoms with Gasteiger partial charge >= 0.3 is 6.03 Å². The highest BCUT2D eigenvalue weighted by atomic mass is 19.1. The van der Waals surface area contributed by atoms with Crippen molar-refractivity contribution in [1.29, 1.82) is 0 Å². The molecule has 0 aliphatic carbocycles. The molecule has 1 saturated heterocycles. The van der Waals surface area contributed by atoms with Gasteiger partial charge in [0.2, 0.25) is 5.91 Å². The Kier molecular flexibility index (Phi) is 5.69. The van der Waals surface area contributed by atoms with E-state index in [1.807, 2.05) is 6.07 Å². The highest BCUT2D eigenvalue weighted by Gasteiger charge is 2.51. The summed E-state index contributed by atoms with van der Waals surface area (Å²) in [7, 11) is 3.07. The van der Waals surface area contributed by atoms with Crippen LogP contribution >= 0.6 is 0 Å². The number of nitrogens with zero attached hydrogens (tertiary/aromatic N) is 2. The molecule has 33 heavy (non-hydrogen) atoms. The van der Waals surface area contributed by atoms with Gasteiger partial charge in [0.25, 0.3) is 5.91 Å². The van der Waals surface area contributed by atoms with Crippen molar-refractivity contribution >= 4 is 17.8 Å². The Hall–Kier alpha value is -3.69. The fraction of sp³-hybridized carbons (Fsp3) is 0.348. The predicted octanol–water partition coefficient (Wildman–Crippen LogP) is 2.33. The van der Waals surface area contributed by atoms with Crippen LogP contribution in [-0.4, -0.2) is 55.0 Å². The summed E-state index contributed by atoms with van der Waals surface area (Å²) in [5.74, 6) is -1.72. The minimum absolute atomic E-state index is 0.272. The van der Waals surface area contributed by atoms with Crippen LogP contribution in [0, 0.1) is 11.6 Å². The summed E-state index contributed by atoms with van der Waals surface area (Å²) in [6.45, 7) is 1.43. The molecule has 1 atom stereocenters. The molecule has 8 nitrogen and oxygen atoms in total. The van der Waals surface area contributed by atoms with E-state index in [0.717, 1.165) is 34.2 Å². The second-order valence-electron chi connectivity index (χ2n) is 8.11. The Morgan fingerprint density at radius 3 is 2.42 bits per heavy atom. The first kappa shape index (κ1) is 22.5. The normalized spacial score (nSPS) is 19.9. The van der Waals surface area contributed by atoms with E-state index in [4.69, 9.17) is 9.47 Å². The number of imide groups is 1. The van der Waals surface area contributed by atoms with Crippen molar-refractivity contribution in [1.82, 2.24) is 15.1 Å². The number of amides is 4. The van der Waals surface area contributed by atoms with Crippen molar-refractivity contribution in [2.75, 3.05) is 27.3 Å². The van der Waals surface area contributed by atoms with E-state index in [9.17, 15) is 23.2 Å². The lowest BCUT2D eigenvalue weighted by Gasteiger charge is -2.30. The molecule has 4 rings (SSSR count). The molecule has 1 N–H and O–H groups in total. The van der Waals surface area contributed by atoms with Crippen LogP contribution in [0.2, 0.25) is 0 Å². The molecule has 10 heteroatoms. The number of nitrogens with one attached hydrogen (secondary N) is 1. The zero-order valence-electron chi connectivity index (χ0n) is 18.4. The molecule has 174 valence electrons. The number of hydrogen-bond acceptors (Lipinski definition) is 5. The van der Waals surface area contributed by atoms with Crippen molar-refractivity contribution in [3.8, 4) is 11.5 Å². The number of ether oxygens (including phenoxy) is 2. The van der Waals surface area contributed by atoms with Crippen LogP contribution in [0.4, 0.5) is 13.6 Å². The molecule has 2 aliphatic rings. The third-order valence-electron chi connectivity index (χ3n) is 6.11. The summed E-state index contributed by atoms with van der Waals surface area (Å²) < 4.78 is 38.6. The molecule has 2 heterocycles. The Bertz CT molecular complexity index is 1160. The smallest absolute Gasteiger partial charge is 0.325 e. The number of carbonyl (C=O) groups is 3. The molecule has 0 saturated carbocycles. The van der Waals surface area contributed by atoms with E-state index >= 15 is 0 Å². The molecule has 2 aliphatic heterocycles. The molecule has 1 unspecified atom stereocenters. The maximum Gasteiger partial charge on any atom is 0.325 e. The van der Waals surface area contributed by atoms with Gasteiger partial charge in [0.05, 0.1) is 14.2 Å². The summed E-state index contributed by atoms with van der Waals surface area (Å²) >= 11 is 0. The fourth-order valence-corrected chi connectivity index (χ4v) is 4.24. The quantitative estimate of drug-likeness (QED) is 0.694. The molecule has 0 aromatic heterocycles. The summed E-state index contributed by atoms with van der Waals surface area (Å²) in [5, 5.41) is 2.40. The van der Waals surface area contributed by atoms with Crippen molar-refractivity contribution in [3.63, 3.8) is 0 Å². The average molecular weight is 459 g/mol. The third-order valence-corrected chi connectivity index (χ3v) is 6.11. The van der Waals surface area contributed by atoms with Gasteiger partial charge < -0.3 is 19.7 Å². The lowest BCUT2D eigenvalue weighted by atomic mass is 9.91. The van der Waals surface area contributed by atoms with Crippen LogP contribution in [0.15, 0.2) is 30.3 Å². The Morgan fingerprint density at radius 2 is 1.76 bits per heavy atom. The van der Waals surface area contributed by atoms with Crippen LogP contribution in [0.3, 0.4) is 0 Å². The number of rotatable bonds is 5. The molecule has 0 spiro atoms. The Labute approximate surface area is 189 Å². The predicted molar refractivity (Wildman–Crippen MR) is 113 cm³/mol. The number of carbonyl (C=O) groups excluding carboxylic acids is 3. The third kappa shape index (κ3) is 3.85. The average Bonchev–Trinajstić information content (AvgIpc) is 3.02. The first-order valence-electron chi connectivity index (χ1n) is 10.3. The van der Waals surface area contributed by atoms with E-state index in [0.29, 0.717) is 24.5 Å². The van der Waals surface area contributed by atoms with Gasteiger partial charge in [-0.1, -0.05) is 0 Å². The lowest BCUT2D eigenvalue weighted by Crippen LogP contribution is -2.46. The van der Waals surface area contributed by atoms with Crippen LogP contribution < -0.4 is 14.8 Å². The number of fused-ring (bicyclic) bond motifs is 1. The van der Waals surface area contributed by atoms with Crippen LogP contribution in [0.1, 0.15) is 23.6 Å². The number of benzene rings is 2. The van der Waals surface area contributed by atoms with Crippen molar-refractivity contribution < 1.29 is 32.6 Å². The molecule has 4 amide bonds. The number of methoxy groups -OCH3 is 2. The second kappa shape index (κ2) is 8.34. The molecular formula is C23H23F2N3O5. The standard InChI is InChI=1S/C23H23F2N3O5/c1-23(16-10-15(24)4-5-17(16)25)21(30)28(22(31)26-23)12-20(29)27-7-6-13-8-18(32-2)19(33-3)9-14(13)11-27/h4-5,8-10H,6-7,11-12H2,1-3H3,(H,26,31). The Morgan fingerprint density at radius 1 is 1.09 bits per heavy atom. The first-order chi connectivity index (χ1) is 15.7. The van der Waals surface area contributed by atoms with Gasteiger partial charge in [0, 0.05) is 18.7 Å². The summed E-state index contributed by atoms with van der Waals surface area (Å²) in [6, 6.07) is 5.49.